The molecule has 0 bridgehead atoms. The Morgan fingerprint density at radius 3 is 2.69 bits per heavy atom. The normalized spacial score (nSPS) is 27.4. The first-order valence-corrected chi connectivity index (χ1v) is 9.59. The molecule has 1 N–H and O–H groups in total. The fourth-order valence-electron chi connectivity index (χ4n) is 4.65. The SMILES string of the molecule is CC(C)CC[C@]1(O)CCC2=Cc3c(cnn3-c3ccc(F)cc3)C[C@@]21C. The summed E-state index contributed by atoms with van der Waals surface area (Å²) in [4.78, 5) is 0. The number of halogens is 1. The maximum absolute atomic E-state index is 13.2. The average molecular weight is 354 g/mol. The Labute approximate surface area is 154 Å². The summed E-state index contributed by atoms with van der Waals surface area (Å²) in [5.74, 6) is 0.350. The van der Waals surface area contributed by atoms with Crippen molar-refractivity contribution in [2.24, 2.45) is 11.3 Å². The van der Waals surface area contributed by atoms with E-state index in [9.17, 15) is 9.50 Å². The van der Waals surface area contributed by atoms with E-state index in [1.165, 1.54) is 17.7 Å². The van der Waals surface area contributed by atoms with E-state index >= 15 is 0 Å². The molecule has 2 atom stereocenters. The van der Waals surface area contributed by atoms with Crippen LogP contribution in [0, 0.1) is 17.2 Å². The largest absolute Gasteiger partial charge is 0.389 e. The zero-order chi connectivity index (χ0) is 18.5. The molecule has 0 aliphatic heterocycles. The lowest BCUT2D eigenvalue weighted by molar-refractivity contribution is -0.0499. The molecule has 0 saturated heterocycles. The van der Waals surface area contributed by atoms with Crippen LogP contribution in [0.25, 0.3) is 11.8 Å². The van der Waals surface area contributed by atoms with E-state index < -0.39 is 5.60 Å². The Bertz CT molecular complexity index is 852. The summed E-state index contributed by atoms with van der Waals surface area (Å²) >= 11 is 0. The van der Waals surface area contributed by atoms with Crippen LogP contribution in [-0.4, -0.2) is 20.5 Å². The van der Waals surface area contributed by atoms with Gasteiger partial charge in [-0.25, -0.2) is 9.07 Å². The van der Waals surface area contributed by atoms with Crippen LogP contribution in [0.1, 0.15) is 57.7 Å². The minimum Gasteiger partial charge on any atom is -0.389 e. The third kappa shape index (κ3) is 2.62. The van der Waals surface area contributed by atoms with Gasteiger partial charge in [-0.15, -0.1) is 0 Å². The zero-order valence-electron chi connectivity index (χ0n) is 15.8. The lowest BCUT2D eigenvalue weighted by atomic mass is 9.65. The molecular weight excluding hydrogens is 327 g/mol. The molecule has 1 saturated carbocycles. The van der Waals surface area contributed by atoms with Crippen LogP contribution in [0.15, 0.2) is 36.0 Å². The Kier molecular flexibility index (Phi) is 4.07. The number of rotatable bonds is 4. The van der Waals surface area contributed by atoms with Crippen molar-refractivity contribution in [3.05, 3.63) is 53.1 Å². The van der Waals surface area contributed by atoms with Crippen LogP contribution >= 0.6 is 0 Å². The maximum atomic E-state index is 13.2. The van der Waals surface area contributed by atoms with E-state index in [4.69, 9.17) is 0 Å². The van der Waals surface area contributed by atoms with E-state index in [2.05, 4.69) is 31.9 Å². The van der Waals surface area contributed by atoms with Crippen molar-refractivity contribution in [3.63, 3.8) is 0 Å². The highest BCUT2D eigenvalue weighted by Gasteiger charge is 2.54. The topological polar surface area (TPSA) is 38.1 Å². The quantitative estimate of drug-likeness (QED) is 0.846. The standard InChI is InChI=1S/C22H27FN2O/c1-15(2)8-10-22(26)11-9-17-12-20-16(13-21(17,22)3)14-24-25(20)19-6-4-18(23)5-7-19/h4-7,12,14-15,26H,8-11,13H2,1-3H3/t21-,22-/m0/s1. The van der Waals surface area contributed by atoms with Gasteiger partial charge in [0, 0.05) is 5.41 Å². The Balaban J connectivity index is 1.70. The van der Waals surface area contributed by atoms with E-state index in [1.54, 1.807) is 12.1 Å². The van der Waals surface area contributed by atoms with Crippen molar-refractivity contribution < 1.29 is 9.50 Å². The smallest absolute Gasteiger partial charge is 0.123 e. The van der Waals surface area contributed by atoms with Crippen LogP contribution in [-0.2, 0) is 6.42 Å². The molecule has 3 nitrogen and oxygen atoms in total. The number of hydrogen-bond acceptors (Lipinski definition) is 2. The summed E-state index contributed by atoms with van der Waals surface area (Å²) in [7, 11) is 0. The highest BCUT2D eigenvalue weighted by Crippen LogP contribution is 2.57. The van der Waals surface area contributed by atoms with Crippen LogP contribution in [0.5, 0.6) is 0 Å². The highest BCUT2D eigenvalue weighted by atomic mass is 19.1. The molecule has 1 fully saturated rings. The van der Waals surface area contributed by atoms with Gasteiger partial charge in [-0.2, -0.15) is 5.10 Å². The van der Waals surface area contributed by atoms with Gasteiger partial charge in [0.15, 0.2) is 0 Å². The Morgan fingerprint density at radius 1 is 1.27 bits per heavy atom. The second-order valence-corrected chi connectivity index (χ2v) is 8.59. The van der Waals surface area contributed by atoms with Gasteiger partial charge in [0.2, 0.25) is 0 Å². The summed E-state index contributed by atoms with van der Waals surface area (Å²) in [5.41, 5.74) is 3.55. The number of hydrogen-bond donors (Lipinski definition) is 1. The lowest BCUT2D eigenvalue weighted by Crippen LogP contribution is -2.45. The van der Waals surface area contributed by atoms with Gasteiger partial charge in [-0.3, -0.25) is 0 Å². The molecule has 0 radical (unpaired) electrons. The number of aliphatic hydroxyl groups is 1. The number of benzene rings is 1. The monoisotopic (exact) mass is 354 g/mol. The zero-order valence-corrected chi connectivity index (χ0v) is 15.8. The molecule has 1 aromatic heterocycles. The van der Waals surface area contributed by atoms with Crippen molar-refractivity contribution in [2.45, 2.75) is 58.5 Å². The molecular formula is C22H27FN2O. The van der Waals surface area contributed by atoms with E-state index in [0.717, 1.165) is 49.0 Å². The van der Waals surface area contributed by atoms with Crippen LogP contribution in [0.3, 0.4) is 0 Å². The summed E-state index contributed by atoms with van der Waals surface area (Å²) < 4.78 is 15.1. The van der Waals surface area contributed by atoms with E-state index in [-0.39, 0.29) is 11.2 Å². The average Bonchev–Trinajstić information content (AvgIpc) is 3.11. The van der Waals surface area contributed by atoms with Gasteiger partial charge in [-0.1, -0.05) is 26.3 Å². The number of aromatic nitrogens is 2. The number of fused-ring (bicyclic) bond motifs is 2. The number of nitrogens with zero attached hydrogens (tertiary/aromatic N) is 2. The van der Waals surface area contributed by atoms with Gasteiger partial charge in [0.1, 0.15) is 5.82 Å². The summed E-state index contributed by atoms with van der Waals surface area (Å²) in [6.07, 6.45) is 8.57. The van der Waals surface area contributed by atoms with Gasteiger partial charge in [-0.05, 0) is 73.9 Å². The third-order valence-corrected chi connectivity index (χ3v) is 6.49. The van der Waals surface area contributed by atoms with Crippen molar-refractivity contribution in [3.8, 4) is 5.69 Å². The summed E-state index contributed by atoms with van der Waals surface area (Å²) in [5, 5.41) is 16.0. The van der Waals surface area contributed by atoms with Crippen molar-refractivity contribution in [2.75, 3.05) is 0 Å². The Morgan fingerprint density at radius 2 is 2.00 bits per heavy atom. The van der Waals surface area contributed by atoms with Gasteiger partial charge in [0.25, 0.3) is 0 Å². The Hall–Kier alpha value is -1.94. The van der Waals surface area contributed by atoms with Crippen LogP contribution in [0.4, 0.5) is 4.39 Å². The molecule has 2 aliphatic carbocycles. The van der Waals surface area contributed by atoms with Crippen molar-refractivity contribution in [1.29, 1.82) is 0 Å². The first-order chi connectivity index (χ1) is 12.3. The fraction of sp³-hybridized carbons (Fsp3) is 0.500. The molecule has 4 rings (SSSR count). The van der Waals surface area contributed by atoms with E-state index in [0.29, 0.717) is 5.92 Å². The van der Waals surface area contributed by atoms with Crippen molar-refractivity contribution in [1.82, 2.24) is 9.78 Å². The highest BCUT2D eigenvalue weighted by molar-refractivity contribution is 5.62. The van der Waals surface area contributed by atoms with Crippen LogP contribution in [0.2, 0.25) is 0 Å². The molecule has 0 amide bonds. The molecule has 2 aromatic rings. The second kappa shape index (κ2) is 6.05. The van der Waals surface area contributed by atoms with Gasteiger partial charge >= 0.3 is 0 Å². The molecule has 2 aliphatic rings. The first-order valence-electron chi connectivity index (χ1n) is 9.59. The van der Waals surface area contributed by atoms with E-state index in [1.807, 2.05) is 10.9 Å². The van der Waals surface area contributed by atoms with Crippen LogP contribution < -0.4 is 0 Å². The lowest BCUT2D eigenvalue weighted by Gasteiger charge is -2.43. The predicted molar refractivity (Wildman–Crippen MR) is 102 cm³/mol. The fourth-order valence-corrected chi connectivity index (χ4v) is 4.65. The molecule has 1 heterocycles. The minimum absolute atomic E-state index is 0.217. The molecule has 1 aromatic carbocycles. The first kappa shape index (κ1) is 17.5. The molecule has 138 valence electrons. The summed E-state index contributed by atoms with van der Waals surface area (Å²) in [6, 6.07) is 6.43. The molecule has 0 spiro atoms. The predicted octanol–water partition coefficient (Wildman–Crippen LogP) is 4.92. The minimum atomic E-state index is -0.640. The molecule has 0 unspecified atom stereocenters. The third-order valence-electron chi connectivity index (χ3n) is 6.49. The molecule has 26 heavy (non-hydrogen) atoms. The van der Waals surface area contributed by atoms with Crippen molar-refractivity contribution >= 4 is 6.08 Å². The summed E-state index contributed by atoms with van der Waals surface area (Å²) in [6.45, 7) is 6.64. The van der Waals surface area contributed by atoms with Gasteiger partial charge in [0.05, 0.1) is 23.2 Å². The second-order valence-electron chi connectivity index (χ2n) is 8.59. The van der Waals surface area contributed by atoms with Gasteiger partial charge < -0.3 is 5.11 Å². The maximum Gasteiger partial charge on any atom is 0.123 e. The molecule has 4 heteroatoms.